The second-order valence-corrected chi connectivity index (χ2v) is 6.45. The topological polar surface area (TPSA) is 43.7 Å². The highest BCUT2D eigenvalue weighted by molar-refractivity contribution is 5.94. The number of hydrogen-bond acceptors (Lipinski definition) is 3. The lowest BCUT2D eigenvalue weighted by molar-refractivity contribution is 0.0705. The summed E-state index contributed by atoms with van der Waals surface area (Å²) in [5.74, 6) is 1.17. The van der Waals surface area contributed by atoms with E-state index < -0.39 is 0 Å². The third kappa shape index (κ3) is 4.23. The van der Waals surface area contributed by atoms with Crippen molar-refractivity contribution in [3.8, 4) is 5.75 Å². The molecule has 1 aliphatic rings. The lowest BCUT2D eigenvalue weighted by atomic mass is 10.0. The van der Waals surface area contributed by atoms with Gasteiger partial charge in [0.2, 0.25) is 0 Å². The molecule has 1 aliphatic heterocycles. The fourth-order valence-electron chi connectivity index (χ4n) is 3.37. The summed E-state index contributed by atoms with van der Waals surface area (Å²) in [4.78, 5) is 15.0. The Kier molecular flexibility index (Phi) is 5.76. The lowest BCUT2D eigenvalue weighted by Gasteiger charge is -2.24. The van der Waals surface area contributed by atoms with Gasteiger partial charge >= 0.3 is 0 Å². The molecule has 0 spiro atoms. The van der Waals surface area contributed by atoms with E-state index in [-0.39, 0.29) is 5.91 Å². The van der Waals surface area contributed by atoms with Gasteiger partial charge < -0.3 is 18.9 Å². The van der Waals surface area contributed by atoms with E-state index in [0.717, 1.165) is 25.3 Å². The Morgan fingerprint density at radius 1 is 1.24 bits per heavy atom. The molecule has 25 heavy (non-hydrogen) atoms. The van der Waals surface area contributed by atoms with E-state index in [9.17, 15) is 4.79 Å². The van der Waals surface area contributed by atoms with Crippen LogP contribution in [0.3, 0.4) is 0 Å². The van der Waals surface area contributed by atoms with Crippen LogP contribution in [-0.2, 0) is 17.8 Å². The molecule has 0 saturated heterocycles. The first-order valence-electron chi connectivity index (χ1n) is 8.86. The number of carbonyl (C=O) groups is 1. The first kappa shape index (κ1) is 17.5. The van der Waals surface area contributed by atoms with Crippen molar-refractivity contribution < 1.29 is 14.3 Å². The number of rotatable bonds is 6. The average Bonchev–Trinajstić information content (AvgIpc) is 2.98. The Morgan fingerprint density at radius 2 is 2.12 bits per heavy atom. The first-order valence-corrected chi connectivity index (χ1v) is 8.86. The zero-order valence-electron chi connectivity index (χ0n) is 15.0. The molecule has 2 aromatic rings. The summed E-state index contributed by atoms with van der Waals surface area (Å²) in [6.45, 7) is 5.54. The normalized spacial score (nSPS) is 17.0. The minimum absolute atomic E-state index is 0.0543. The van der Waals surface area contributed by atoms with E-state index in [1.54, 1.807) is 7.11 Å². The molecule has 0 bridgehead atoms. The molecule has 5 heteroatoms. The molecule has 2 heterocycles. The molecule has 0 saturated carbocycles. The maximum Gasteiger partial charge on any atom is 0.254 e. The van der Waals surface area contributed by atoms with Gasteiger partial charge in [-0.15, -0.1) is 0 Å². The molecular weight excluding hydrogens is 316 g/mol. The summed E-state index contributed by atoms with van der Waals surface area (Å²) >= 11 is 0. The molecule has 0 fully saturated rings. The van der Waals surface area contributed by atoms with Crippen LogP contribution in [0.1, 0.15) is 29.4 Å². The highest BCUT2D eigenvalue weighted by atomic mass is 16.5. The highest BCUT2D eigenvalue weighted by Gasteiger charge is 2.25. The van der Waals surface area contributed by atoms with E-state index >= 15 is 0 Å². The molecule has 1 aromatic carbocycles. The number of nitrogens with zero attached hydrogens (tertiary/aromatic N) is 2. The second kappa shape index (κ2) is 8.21. The number of methoxy groups -OCH3 is 1. The van der Waals surface area contributed by atoms with E-state index in [1.807, 2.05) is 42.2 Å². The molecule has 5 nitrogen and oxygen atoms in total. The molecule has 0 N–H and O–H groups in total. The van der Waals surface area contributed by atoms with Gasteiger partial charge in [0.1, 0.15) is 5.75 Å². The van der Waals surface area contributed by atoms with Crippen LogP contribution in [0, 0.1) is 5.92 Å². The number of fused-ring (bicyclic) bond motifs is 1. The summed E-state index contributed by atoms with van der Waals surface area (Å²) in [5, 5.41) is 0. The van der Waals surface area contributed by atoms with Crippen molar-refractivity contribution in [3.05, 3.63) is 53.9 Å². The van der Waals surface area contributed by atoms with Crippen molar-refractivity contribution in [1.82, 2.24) is 9.47 Å². The largest absolute Gasteiger partial charge is 0.494 e. The number of ether oxygens (including phenoxy) is 2. The van der Waals surface area contributed by atoms with Gasteiger partial charge in [0.05, 0.1) is 13.2 Å². The van der Waals surface area contributed by atoms with Crippen LogP contribution in [0.5, 0.6) is 5.75 Å². The van der Waals surface area contributed by atoms with Crippen molar-refractivity contribution in [2.24, 2.45) is 5.92 Å². The molecule has 0 radical (unpaired) electrons. The molecule has 1 aromatic heterocycles. The van der Waals surface area contributed by atoms with Gasteiger partial charge in [0, 0.05) is 44.3 Å². The lowest BCUT2D eigenvalue weighted by Crippen LogP contribution is -2.34. The van der Waals surface area contributed by atoms with Crippen LogP contribution in [0.25, 0.3) is 0 Å². The number of amides is 1. The summed E-state index contributed by atoms with van der Waals surface area (Å²) in [6.07, 6.45) is 3.04. The van der Waals surface area contributed by atoms with Crippen molar-refractivity contribution >= 4 is 5.91 Å². The van der Waals surface area contributed by atoms with E-state index in [0.29, 0.717) is 31.2 Å². The number of benzene rings is 1. The highest BCUT2D eigenvalue weighted by Crippen LogP contribution is 2.22. The van der Waals surface area contributed by atoms with Crippen molar-refractivity contribution in [3.63, 3.8) is 0 Å². The van der Waals surface area contributed by atoms with Crippen LogP contribution in [-0.4, -0.2) is 42.2 Å². The minimum atomic E-state index is 0.0543. The van der Waals surface area contributed by atoms with Gasteiger partial charge in [-0.05, 0) is 49.6 Å². The standard InChI is InChI=1S/C20H26N2O3/c1-3-25-19-8-4-6-17(12-19)20(23)22-14-16(9-11-24-2)13-21-10-5-7-18(21)15-22/h4-8,10,12,16H,3,9,11,13-15H2,1-2H3/t16-/m1/s1. The van der Waals surface area contributed by atoms with Gasteiger partial charge in [-0.25, -0.2) is 0 Å². The Hall–Kier alpha value is -2.27. The van der Waals surface area contributed by atoms with Gasteiger partial charge in [0.15, 0.2) is 0 Å². The smallest absolute Gasteiger partial charge is 0.254 e. The fraction of sp³-hybridized carbons (Fsp3) is 0.450. The zero-order chi connectivity index (χ0) is 17.6. The Balaban J connectivity index is 1.81. The first-order chi connectivity index (χ1) is 12.2. The SMILES string of the molecule is CCOc1cccc(C(=O)N2Cc3cccn3C[C@@H](CCOC)C2)c1. The van der Waals surface area contributed by atoms with Gasteiger partial charge in [-0.1, -0.05) is 6.07 Å². The number of hydrogen-bond donors (Lipinski definition) is 0. The van der Waals surface area contributed by atoms with Crippen LogP contribution in [0.2, 0.25) is 0 Å². The Bertz CT molecular complexity index is 710. The van der Waals surface area contributed by atoms with Crippen molar-refractivity contribution in [2.45, 2.75) is 26.4 Å². The third-order valence-electron chi connectivity index (χ3n) is 4.62. The monoisotopic (exact) mass is 342 g/mol. The summed E-state index contributed by atoms with van der Waals surface area (Å²) < 4.78 is 13.0. The number of aromatic nitrogens is 1. The number of carbonyl (C=O) groups excluding carboxylic acids is 1. The third-order valence-corrected chi connectivity index (χ3v) is 4.62. The summed E-state index contributed by atoms with van der Waals surface area (Å²) in [7, 11) is 1.72. The van der Waals surface area contributed by atoms with E-state index in [2.05, 4.69) is 16.8 Å². The minimum Gasteiger partial charge on any atom is -0.494 e. The zero-order valence-corrected chi connectivity index (χ0v) is 15.0. The molecular formula is C20H26N2O3. The van der Waals surface area contributed by atoms with Crippen molar-refractivity contribution in [1.29, 1.82) is 0 Å². The fourth-order valence-corrected chi connectivity index (χ4v) is 3.37. The van der Waals surface area contributed by atoms with Gasteiger partial charge in [-0.2, -0.15) is 0 Å². The Morgan fingerprint density at radius 3 is 2.92 bits per heavy atom. The summed E-state index contributed by atoms with van der Waals surface area (Å²) in [5.41, 5.74) is 1.85. The summed E-state index contributed by atoms with van der Waals surface area (Å²) in [6, 6.07) is 11.6. The quantitative estimate of drug-likeness (QED) is 0.810. The molecule has 3 rings (SSSR count). The van der Waals surface area contributed by atoms with E-state index in [1.165, 1.54) is 5.69 Å². The Labute approximate surface area is 149 Å². The molecule has 134 valence electrons. The van der Waals surface area contributed by atoms with Crippen LogP contribution in [0.15, 0.2) is 42.6 Å². The van der Waals surface area contributed by atoms with Crippen LogP contribution < -0.4 is 4.74 Å². The molecule has 1 atom stereocenters. The maximum absolute atomic E-state index is 13.1. The van der Waals surface area contributed by atoms with Crippen LogP contribution in [0.4, 0.5) is 0 Å². The maximum atomic E-state index is 13.1. The van der Waals surface area contributed by atoms with Crippen molar-refractivity contribution in [2.75, 3.05) is 26.9 Å². The molecule has 1 amide bonds. The molecule has 0 aliphatic carbocycles. The second-order valence-electron chi connectivity index (χ2n) is 6.45. The van der Waals surface area contributed by atoms with Gasteiger partial charge in [-0.3, -0.25) is 4.79 Å². The predicted molar refractivity (Wildman–Crippen MR) is 96.8 cm³/mol. The molecule has 0 unspecified atom stereocenters. The van der Waals surface area contributed by atoms with Crippen LogP contribution >= 0.6 is 0 Å². The predicted octanol–water partition coefficient (Wildman–Crippen LogP) is 3.20. The van der Waals surface area contributed by atoms with E-state index in [4.69, 9.17) is 9.47 Å². The average molecular weight is 342 g/mol. The van der Waals surface area contributed by atoms with Gasteiger partial charge in [0.25, 0.3) is 5.91 Å².